The molecule has 2 N–H and O–H groups in total. The van der Waals surface area contributed by atoms with E-state index >= 15 is 0 Å². The Bertz CT molecular complexity index is 1090. The molecule has 0 aromatic heterocycles. The van der Waals surface area contributed by atoms with Crippen molar-refractivity contribution in [2.24, 2.45) is 5.14 Å². The zero-order valence-electron chi connectivity index (χ0n) is 13.7. The van der Waals surface area contributed by atoms with Crippen LogP contribution in [-0.2, 0) is 16.2 Å². The van der Waals surface area contributed by atoms with Gasteiger partial charge in [-0.25, -0.2) is 13.6 Å². The Morgan fingerprint density at radius 3 is 1.85 bits per heavy atom. The molecule has 140 valence electrons. The van der Waals surface area contributed by atoms with Gasteiger partial charge in [-0.1, -0.05) is 54.1 Å². The second-order valence-electron chi connectivity index (χ2n) is 5.81. The van der Waals surface area contributed by atoms with Crippen molar-refractivity contribution in [2.45, 2.75) is 11.1 Å². The number of sulfonamides is 1. The summed E-state index contributed by atoms with van der Waals surface area (Å²) in [5.74, 6) is 0. The summed E-state index contributed by atoms with van der Waals surface area (Å²) in [6.07, 6.45) is -4.57. The fourth-order valence-electron chi connectivity index (χ4n) is 2.72. The zero-order valence-corrected chi connectivity index (χ0v) is 15.2. The number of hydrogen-bond acceptors (Lipinski definition) is 2. The standard InChI is InChI=1S/C19H13ClF3NO2S/c20-18-10-7-13(11-17(18)19(21,22)23)16-4-2-1-3-15(16)12-5-8-14(9-6-12)27(24,25)26/h1-11H,(H2,24,25,26). The lowest BCUT2D eigenvalue weighted by molar-refractivity contribution is -0.137. The fraction of sp³-hybridized carbons (Fsp3) is 0.0526. The summed E-state index contributed by atoms with van der Waals surface area (Å²) in [5, 5.41) is 4.72. The molecule has 0 radical (unpaired) electrons. The van der Waals surface area contributed by atoms with E-state index in [4.69, 9.17) is 16.7 Å². The molecule has 27 heavy (non-hydrogen) atoms. The predicted molar refractivity (Wildman–Crippen MR) is 98.7 cm³/mol. The smallest absolute Gasteiger partial charge is 0.225 e. The van der Waals surface area contributed by atoms with E-state index in [-0.39, 0.29) is 9.92 Å². The van der Waals surface area contributed by atoms with Gasteiger partial charge in [0, 0.05) is 0 Å². The van der Waals surface area contributed by atoms with Gasteiger partial charge in [-0.3, -0.25) is 0 Å². The molecule has 3 rings (SSSR count). The minimum absolute atomic E-state index is 0.0467. The summed E-state index contributed by atoms with van der Waals surface area (Å²) in [6.45, 7) is 0. The first-order chi connectivity index (χ1) is 12.6. The van der Waals surface area contributed by atoms with Gasteiger partial charge in [0.15, 0.2) is 0 Å². The van der Waals surface area contributed by atoms with Gasteiger partial charge in [0.25, 0.3) is 0 Å². The van der Waals surface area contributed by atoms with E-state index in [0.29, 0.717) is 22.3 Å². The van der Waals surface area contributed by atoms with Gasteiger partial charge in [-0.2, -0.15) is 13.2 Å². The molecule has 3 nitrogen and oxygen atoms in total. The van der Waals surface area contributed by atoms with E-state index in [1.807, 2.05) is 0 Å². The van der Waals surface area contributed by atoms with Crippen LogP contribution in [0.4, 0.5) is 13.2 Å². The molecular formula is C19H13ClF3NO2S. The first-order valence-corrected chi connectivity index (χ1v) is 9.59. The lowest BCUT2D eigenvalue weighted by atomic mass is 9.94. The third-order valence-electron chi connectivity index (χ3n) is 4.00. The van der Waals surface area contributed by atoms with Crippen LogP contribution in [0.3, 0.4) is 0 Å². The van der Waals surface area contributed by atoms with E-state index in [1.54, 1.807) is 36.4 Å². The summed E-state index contributed by atoms with van der Waals surface area (Å²) in [6, 6.07) is 16.4. The molecule has 0 saturated heterocycles. The second kappa shape index (κ2) is 6.99. The first-order valence-electron chi connectivity index (χ1n) is 7.67. The Morgan fingerprint density at radius 2 is 1.33 bits per heavy atom. The molecule has 3 aromatic rings. The SMILES string of the molecule is NS(=O)(=O)c1ccc(-c2ccccc2-c2ccc(Cl)c(C(F)(F)F)c2)cc1. The maximum absolute atomic E-state index is 13.2. The molecule has 0 atom stereocenters. The Morgan fingerprint density at radius 1 is 0.815 bits per heavy atom. The summed E-state index contributed by atoms with van der Waals surface area (Å²) in [7, 11) is -3.83. The molecule has 0 bridgehead atoms. The van der Waals surface area contributed by atoms with Crippen LogP contribution in [0.5, 0.6) is 0 Å². The van der Waals surface area contributed by atoms with Crippen LogP contribution in [0.15, 0.2) is 71.6 Å². The van der Waals surface area contributed by atoms with Gasteiger partial charge in [-0.15, -0.1) is 0 Å². The predicted octanol–water partition coefficient (Wildman–Crippen LogP) is 5.34. The summed E-state index contributed by atoms with van der Waals surface area (Å²) < 4.78 is 62.3. The number of alkyl halides is 3. The zero-order chi connectivity index (χ0) is 19.8. The average Bonchev–Trinajstić information content (AvgIpc) is 2.60. The molecular weight excluding hydrogens is 399 g/mol. The highest BCUT2D eigenvalue weighted by Crippen LogP contribution is 2.39. The highest BCUT2D eigenvalue weighted by molar-refractivity contribution is 7.89. The molecule has 0 spiro atoms. The lowest BCUT2D eigenvalue weighted by Crippen LogP contribution is -2.11. The third kappa shape index (κ3) is 4.16. The molecule has 0 aliphatic carbocycles. The van der Waals surface area contributed by atoms with E-state index in [9.17, 15) is 21.6 Å². The molecule has 0 amide bonds. The summed E-state index contributed by atoms with van der Waals surface area (Å²) in [4.78, 5) is -0.0467. The summed E-state index contributed by atoms with van der Waals surface area (Å²) >= 11 is 5.70. The van der Waals surface area contributed by atoms with Crippen LogP contribution >= 0.6 is 11.6 Å². The van der Waals surface area contributed by atoms with Crippen molar-refractivity contribution in [3.8, 4) is 22.3 Å². The quantitative estimate of drug-likeness (QED) is 0.632. The van der Waals surface area contributed by atoms with E-state index in [1.165, 1.54) is 24.3 Å². The molecule has 3 aromatic carbocycles. The van der Waals surface area contributed by atoms with Crippen LogP contribution in [0.25, 0.3) is 22.3 Å². The molecule has 0 unspecified atom stereocenters. The van der Waals surface area contributed by atoms with Crippen molar-refractivity contribution < 1.29 is 21.6 Å². The highest BCUT2D eigenvalue weighted by Gasteiger charge is 2.33. The van der Waals surface area contributed by atoms with Crippen molar-refractivity contribution in [1.29, 1.82) is 0 Å². The summed E-state index contributed by atoms with van der Waals surface area (Å²) in [5.41, 5.74) is 1.28. The average molecular weight is 412 g/mol. The molecule has 0 aliphatic rings. The number of rotatable bonds is 3. The molecule has 8 heteroatoms. The van der Waals surface area contributed by atoms with Gasteiger partial charge in [0.1, 0.15) is 0 Å². The van der Waals surface area contributed by atoms with Crippen LogP contribution in [0.2, 0.25) is 5.02 Å². The van der Waals surface area contributed by atoms with E-state index < -0.39 is 21.8 Å². The van der Waals surface area contributed by atoms with Gasteiger partial charge in [0.05, 0.1) is 15.5 Å². The Kier molecular flexibility index (Phi) is 5.03. The van der Waals surface area contributed by atoms with Crippen molar-refractivity contribution in [3.63, 3.8) is 0 Å². The second-order valence-corrected chi connectivity index (χ2v) is 7.78. The van der Waals surface area contributed by atoms with E-state index in [0.717, 1.165) is 6.07 Å². The molecule has 0 saturated carbocycles. The van der Waals surface area contributed by atoms with Crippen LogP contribution in [0, 0.1) is 0 Å². The number of hydrogen-bond donors (Lipinski definition) is 1. The number of primary sulfonamides is 1. The molecule has 0 fully saturated rings. The largest absolute Gasteiger partial charge is 0.417 e. The van der Waals surface area contributed by atoms with Gasteiger partial charge < -0.3 is 0 Å². The molecule has 0 aliphatic heterocycles. The topological polar surface area (TPSA) is 60.2 Å². The van der Waals surface area contributed by atoms with Crippen LogP contribution in [0.1, 0.15) is 5.56 Å². The van der Waals surface area contributed by atoms with Crippen molar-refractivity contribution in [1.82, 2.24) is 0 Å². The fourth-order valence-corrected chi connectivity index (χ4v) is 3.46. The third-order valence-corrected chi connectivity index (χ3v) is 5.26. The van der Waals surface area contributed by atoms with E-state index in [2.05, 4.69) is 0 Å². The maximum Gasteiger partial charge on any atom is 0.417 e. The lowest BCUT2D eigenvalue weighted by Gasteiger charge is -2.14. The Balaban J connectivity index is 2.13. The number of nitrogens with two attached hydrogens (primary N) is 1. The van der Waals surface area contributed by atoms with Crippen molar-refractivity contribution >= 4 is 21.6 Å². The number of halogens is 4. The van der Waals surface area contributed by atoms with Crippen molar-refractivity contribution in [3.05, 3.63) is 77.3 Å². The minimum atomic E-state index is -4.57. The van der Waals surface area contributed by atoms with Gasteiger partial charge in [0.2, 0.25) is 10.0 Å². The van der Waals surface area contributed by atoms with Gasteiger partial charge >= 0.3 is 6.18 Å². The van der Waals surface area contributed by atoms with Crippen LogP contribution < -0.4 is 5.14 Å². The monoisotopic (exact) mass is 411 g/mol. The highest BCUT2D eigenvalue weighted by atomic mass is 35.5. The molecule has 0 heterocycles. The minimum Gasteiger partial charge on any atom is -0.225 e. The van der Waals surface area contributed by atoms with Crippen molar-refractivity contribution in [2.75, 3.05) is 0 Å². The first kappa shape index (κ1) is 19.4. The number of benzene rings is 3. The Hall–Kier alpha value is -2.35. The Labute approximate surface area is 159 Å². The normalized spacial score (nSPS) is 12.2. The van der Waals surface area contributed by atoms with Gasteiger partial charge in [-0.05, 0) is 46.5 Å². The maximum atomic E-state index is 13.2. The van der Waals surface area contributed by atoms with Crippen LogP contribution in [-0.4, -0.2) is 8.42 Å².